The van der Waals surface area contributed by atoms with Crippen molar-refractivity contribution in [3.05, 3.63) is 11.9 Å². The summed E-state index contributed by atoms with van der Waals surface area (Å²) in [4.78, 5) is 11.3. The van der Waals surface area contributed by atoms with Gasteiger partial charge in [-0.15, -0.1) is 0 Å². The molecule has 0 unspecified atom stereocenters. The van der Waals surface area contributed by atoms with Gasteiger partial charge >= 0.3 is 0 Å². The standard InChI is InChI=1S/C16H29N5/c1-5-8-17-15-14(12(2)3)16(19-11-18-15)20-13-6-9-21(4)10-7-13/h11-13H,5-10H2,1-4H3,(H2,17,18,19,20). The van der Waals surface area contributed by atoms with Crippen LogP contribution in [-0.4, -0.2) is 47.6 Å². The topological polar surface area (TPSA) is 53.1 Å². The van der Waals surface area contributed by atoms with Crippen molar-refractivity contribution in [2.24, 2.45) is 0 Å². The molecule has 2 N–H and O–H groups in total. The summed E-state index contributed by atoms with van der Waals surface area (Å²) in [5.41, 5.74) is 1.21. The molecule has 0 saturated carbocycles. The van der Waals surface area contributed by atoms with E-state index in [-0.39, 0.29) is 0 Å². The van der Waals surface area contributed by atoms with Crippen molar-refractivity contribution in [2.75, 3.05) is 37.3 Å². The van der Waals surface area contributed by atoms with E-state index < -0.39 is 0 Å². The van der Waals surface area contributed by atoms with Crippen LogP contribution in [-0.2, 0) is 0 Å². The summed E-state index contributed by atoms with van der Waals surface area (Å²) in [7, 11) is 2.19. The minimum Gasteiger partial charge on any atom is -0.370 e. The van der Waals surface area contributed by atoms with Gasteiger partial charge in [0.1, 0.15) is 18.0 Å². The lowest BCUT2D eigenvalue weighted by Gasteiger charge is -2.30. The van der Waals surface area contributed by atoms with Crippen LogP contribution >= 0.6 is 0 Å². The lowest BCUT2D eigenvalue weighted by atomic mass is 10.0. The fraction of sp³-hybridized carbons (Fsp3) is 0.750. The van der Waals surface area contributed by atoms with E-state index >= 15 is 0 Å². The molecule has 21 heavy (non-hydrogen) atoms. The maximum Gasteiger partial charge on any atom is 0.135 e. The first-order valence-corrected chi connectivity index (χ1v) is 8.15. The highest BCUT2D eigenvalue weighted by atomic mass is 15.1. The van der Waals surface area contributed by atoms with E-state index in [1.807, 2.05) is 0 Å². The molecule has 1 aliphatic heterocycles. The number of piperidine rings is 1. The van der Waals surface area contributed by atoms with Crippen molar-refractivity contribution < 1.29 is 0 Å². The SMILES string of the molecule is CCCNc1ncnc(NC2CCN(C)CC2)c1C(C)C. The Morgan fingerprint density at radius 2 is 1.90 bits per heavy atom. The Hall–Kier alpha value is -1.36. The number of anilines is 2. The molecule has 0 aliphatic carbocycles. The molecule has 1 saturated heterocycles. The molecule has 1 fully saturated rings. The smallest absolute Gasteiger partial charge is 0.135 e. The molecule has 1 aromatic heterocycles. The molecule has 2 rings (SSSR count). The molecule has 0 amide bonds. The van der Waals surface area contributed by atoms with Crippen LogP contribution in [0.15, 0.2) is 6.33 Å². The van der Waals surface area contributed by atoms with Crippen LogP contribution < -0.4 is 10.6 Å². The van der Waals surface area contributed by atoms with Gasteiger partial charge in [0.15, 0.2) is 0 Å². The molecule has 118 valence electrons. The van der Waals surface area contributed by atoms with Crippen LogP contribution in [0.2, 0.25) is 0 Å². The van der Waals surface area contributed by atoms with Gasteiger partial charge in [-0.2, -0.15) is 0 Å². The Morgan fingerprint density at radius 1 is 1.24 bits per heavy atom. The fourth-order valence-electron chi connectivity index (χ4n) is 2.79. The molecule has 1 aromatic rings. The Balaban J connectivity index is 2.14. The largest absolute Gasteiger partial charge is 0.370 e. The number of hydrogen-bond acceptors (Lipinski definition) is 5. The van der Waals surface area contributed by atoms with Gasteiger partial charge in [0.2, 0.25) is 0 Å². The molecule has 5 heteroatoms. The summed E-state index contributed by atoms with van der Waals surface area (Å²) in [5, 5.41) is 7.08. The third-order valence-corrected chi connectivity index (χ3v) is 4.06. The predicted molar refractivity (Wildman–Crippen MR) is 89.0 cm³/mol. The van der Waals surface area contributed by atoms with Crippen LogP contribution in [0, 0.1) is 0 Å². The summed E-state index contributed by atoms with van der Waals surface area (Å²) in [6.07, 6.45) is 5.12. The van der Waals surface area contributed by atoms with E-state index in [1.165, 1.54) is 18.4 Å². The van der Waals surface area contributed by atoms with Crippen LogP contribution in [0.3, 0.4) is 0 Å². The van der Waals surface area contributed by atoms with Gasteiger partial charge in [-0.1, -0.05) is 20.8 Å². The Bertz CT molecular complexity index is 438. The van der Waals surface area contributed by atoms with E-state index in [0.29, 0.717) is 12.0 Å². The van der Waals surface area contributed by atoms with Gasteiger partial charge < -0.3 is 15.5 Å². The summed E-state index contributed by atoms with van der Waals surface area (Å²) in [5.74, 6) is 2.39. The van der Waals surface area contributed by atoms with Crippen LogP contribution in [0.25, 0.3) is 0 Å². The summed E-state index contributed by atoms with van der Waals surface area (Å²) in [6, 6.07) is 0.521. The van der Waals surface area contributed by atoms with Gasteiger partial charge in [0.25, 0.3) is 0 Å². The predicted octanol–water partition coefficient (Wildman–Crippen LogP) is 2.93. The number of nitrogens with zero attached hydrogens (tertiary/aromatic N) is 3. The molecule has 1 aliphatic rings. The zero-order chi connectivity index (χ0) is 15.2. The second-order valence-electron chi connectivity index (χ2n) is 6.29. The van der Waals surface area contributed by atoms with Crippen molar-refractivity contribution in [3.8, 4) is 0 Å². The molecule has 5 nitrogen and oxygen atoms in total. The van der Waals surface area contributed by atoms with Crippen molar-refractivity contribution in [1.29, 1.82) is 0 Å². The number of nitrogens with one attached hydrogen (secondary N) is 2. The first-order chi connectivity index (χ1) is 10.1. The monoisotopic (exact) mass is 291 g/mol. The minimum absolute atomic E-state index is 0.402. The van der Waals surface area contributed by atoms with Crippen LogP contribution in [0.4, 0.5) is 11.6 Å². The van der Waals surface area contributed by atoms with Gasteiger partial charge in [0.05, 0.1) is 0 Å². The van der Waals surface area contributed by atoms with Gasteiger partial charge in [-0.25, -0.2) is 9.97 Å². The third kappa shape index (κ3) is 4.30. The quantitative estimate of drug-likeness (QED) is 0.844. The number of hydrogen-bond donors (Lipinski definition) is 2. The number of rotatable bonds is 6. The molecule has 2 heterocycles. The van der Waals surface area contributed by atoms with E-state index in [4.69, 9.17) is 0 Å². The van der Waals surface area contributed by atoms with Crippen LogP contribution in [0.5, 0.6) is 0 Å². The molecule has 0 radical (unpaired) electrons. The van der Waals surface area contributed by atoms with Crippen molar-refractivity contribution in [1.82, 2.24) is 14.9 Å². The summed E-state index contributed by atoms with van der Waals surface area (Å²) in [6.45, 7) is 9.83. The molecule has 0 aromatic carbocycles. The van der Waals surface area contributed by atoms with Gasteiger partial charge in [0, 0.05) is 18.2 Å². The summed E-state index contributed by atoms with van der Waals surface area (Å²) < 4.78 is 0. The van der Waals surface area contributed by atoms with Crippen molar-refractivity contribution in [2.45, 2.75) is 52.0 Å². The van der Waals surface area contributed by atoms with E-state index in [1.54, 1.807) is 6.33 Å². The highest BCUT2D eigenvalue weighted by molar-refractivity contribution is 5.59. The number of likely N-dealkylation sites (tertiary alicyclic amines) is 1. The van der Waals surface area contributed by atoms with Gasteiger partial charge in [-0.05, 0) is 45.3 Å². The second kappa shape index (κ2) is 7.59. The maximum absolute atomic E-state index is 4.51. The maximum atomic E-state index is 4.51. The first kappa shape index (κ1) is 16.0. The van der Waals surface area contributed by atoms with E-state index in [2.05, 4.69) is 53.3 Å². The van der Waals surface area contributed by atoms with E-state index in [9.17, 15) is 0 Å². The highest BCUT2D eigenvalue weighted by Gasteiger charge is 2.20. The minimum atomic E-state index is 0.402. The average molecular weight is 291 g/mol. The van der Waals surface area contributed by atoms with Crippen molar-refractivity contribution in [3.63, 3.8) is 0 Å². The first-order valence-electron chi connectivity index (χ1n) is 8.15. The Labute approximate surface area is 128 Å². The lowest BCUT2D eigenvalue weighted by Crippen LogP contribution is -2.37. The normalized spacial score (nSPS) is 17.2. The lowest BCUT2D eigenvalue weighted by molar-refractivity contribution is 0.263. The van der Waals surface area contributed by atoms with E-state index in [0.717, 1.165) is 37.7 Å². The van der Waals surface area contributed by atoms with Crippen molar-refractivity contribution >= 4 is 11.6 Å². The zero-order valence-electron chi connectivity index (χ0n) is 13.8. The third-order valence-electron chi connectivity index (χ3n) is 4.06. The fourth-order valence-corrected chi connectivity index (χ4v) is 2.79. The second-order valence-corrected chi connectivity index (χ2v) is 6.29. The molecule has 0 atom stereocenters. The molecular weight excluding hydrogens is 262 g/mol. The van der Waals surface area contributed by atoms with Gasteiger partial charge in [-0.3, -0.25) is 0 Å². The molecule has 0 spiro atoms. The summed E-state index contributed by atoms with van der Waals surface area (Å²) >= 11 is 0. The van der Waals surface area contributed by atoms with Crippen LogP contribution in [0.1, 0.15) is 51.5 Å². The Morgan fingerprint density at radius 3 is 2.52 bits per heavy atom. The zero-order valence-corrected chi connectivity index (χ0v) is 13.8. The molecular formula is C16H29N5. The molecule has 0 bridgehead atoms. The Kier molecular flexibility index (Phi) is 5.79. The average Bonchev–Trinajstić information content (AvgIpc) is 2.47. The number of aromatic nitrogens is 2. The highest BCUT2D eigenvalue weighted by Crippen LogP contribution is 2.29.